The van der Waals surface area contributed by atoms with Crippen LogP contribution >= 0.6 is 0 Å². The first-order valence-electron chi connectivity index (χ1n) is 10.8. The lowest BCUT2D eigenvalue weighted by Gasteiger charge is -2.28. The van der Waals surface area contributed by atoms with E-state index >= 15 is 0 Å². The molecule has 0 saturated carbocycles. The fourth-order valence-electron chi connectivity index (χ4n) is 3.78. The van der Waals surface area contributed by atoms with Crippen molar-refractivity contribution < 1.29 is 4.74 Å². The van der Waals surface area contributed by atoms with Crippen molar-refractivity contribution in [3.05, 3.63) is 79.0 Å². The number of para-hydroxylation sites is 1. The molecule has 0 bridgehead atoms. The van der Waals surface area contributed by atoms with Crippen LogP contribution in [0.25, 0.3) is 11.3 Å². The number of morpholine rings is 1. The highest BCUT2D eigenvalue weighted by atomic mass is 16.5. The normalized spacial score (nSPS) is 13.7. The molecular weight excluding hydrogens is 400 g/mol. The van der Waals surface area contributed by atoms with Gasteiger partial charge in [0.25, 0.3) is 0 Å². The molecule has 1 aliphatic rings. The van der Waals surface area contributed by atoms with E-state index < -0.39 is 0 Å². The van der Waals surface area contributed by atoms with Crippen molar-refractivity contribution >= 4 is 28.7 Å². The molecule has 2 aromatic heterocycles. The van der Waals surface area contributed by atoms with Crippen LogP contribution in [0, 0.1) is 0 Å². The van der Waals surface area contributed by atoms with Gasteiger partial charge < -0.3 is 20.3 Å². The van der Waals surface area contributed by atoms with Gasteiger partial charge in [0, 0.05) is 55.0 Å². The van der Waals surface area contributed by atoms with Gasteiger partial charge in [-0.25, -0.2) is 4.98 Å². The highest BCUT2D eigenvalue weighted by Gasteiger charge is 2.12. The largest absolute Gasteiger partial charge is 0.378 e. The van der Waals surface area contributed by atoms with E-state index in [0.717, 1.165) is 60.6 Å². The number of pyridine rings is 1. The zero-order chi connectivity index (χ0) is 21.8. The van der Waals surface area contributed by atoms with Gasteiger partial charge in [0.05, 0.1) is 18.9 Å². The van der Waals surface area contributed by atoms with E-state index in [1.165, 1.54) is 5.69 Å². The van der Waals surface area contributed by atoms with Gasteiger partial charge in [-0.15, -0.1) is 0 Å². The lowest BCUT2D eigenvalue weighted by molar-refractivity contribution is 0.122. The molecule has 0 atom stereocenters. The van der Waals surface area contributed by atoms with Crippen molar-refractivity contribution in [2.45, 2.75) is 0 Å². The highest BCUT2D eigenvalue weighted by Crippen LogP contribution is 2.27. The Balaban J connectivity index is 1.30. The minimum atomic E-state index is 0.782. The van der Waals surface area contributed by atoms with Crippen LogP contribution < -0.4 is 15.5 Å². The summed E-state index contributed by atoms with van der Waals surface area (Å²) in [6.45, 7) is 3.43. The molecule has 1 fully saturated rings. The van der Waals surface area contributed by atoms with Crippen LogP contribution in [0.4, 0.5) is 28.7 Å². The maximum atomic E-state index is 5.44. The topological polar surface area (TPSA) is 67.2 Å². The molecule has 1 saturated heterocycles. The summed E-state index contributed by atoms with van der Waals surface area (Å²) in [4.78, 5) is 6.82. The Morgan fingerprint density at radius 2 is 1.59 bits per heavy atom. The Bertz CT molecular complexity index is 1170. The smallest absolute Gasteiger partial charge is 0.130 e. The number of nitrogens with zero attached hydrogens (tertiary/aromatic N) is 4. The second-order valence-electron chi connectivity index (χ2n) is 7.73. The van der Waals surface area contributed by atoms with Crippen LogP contribution in [-0.2, 0) is 11.8 Å². The average molecular weight is 427 g/mol. The predicted octanol–water partition coefficient (Wildman–Crippen LogP) is 4.81. The Labute approximate surface area is 187 Å². The monoisotopic (exact) mass is 426 g/mol. The van der Waals surface area contributed by atoms with Gasteiger partial charge in [-0.2, -0.15) is 5.10 Å². The molecule has 7 heteroatoms. The number of aryl methyl sites for hydroxylation is 1. The Hall–Kier alpha value is -3.84. The maximum absolute atomic E-state index is 5.44. The van der Waals surface area contributed by atoms with Crippen molar-refractivity contribution in [3.63, 3.8) is 0 Å². The Morgan fingerprint density at radius 1 is 0.844 bits per heavy atom. The Morgan fingerprint density at radius 3 is 2.38 bits per heavy atom. The summed E-state index contributed by atoms with van der Waals surface area (Å²) < 4.78 is 7.28. The molecule has 162 valence electrons. The van der Waals surface area contributed by atoms with Gasteiger partial charge in [-0.05, 0) is 48.5 Å². The van der Waals surface area contributed by atoms with Gasteiger partial charge in [0.2, 0.25) is 0 Å². The summed E-state index contributed by atoms with van der Waals surface area (Å²) in [5.74, 6) is 1.71. The van der Waals surface area contributed by atoms with Gasteiger partial charge in [0.15, 0.2) is 0 Å². The van der Waals surface area contributed by atoms with Crippen LogP contribution in [0.2, 0.25) is 0 Å². The molecule has 2 aromatic carbocycles. The number of aromatic nitrogens is 3. The Kier molecular flexibility index (Phi) is 5.72. The summed E-state index contributed by atoms with van der Waals surface area (Å²) >= 11 is 0. The standard InChI is InChI=1S/C25H26N6O/c1-30-25(28-20-5-3-2-4-6-20)18-23(29-30)19-11-12-26-24(17-19)27-21-7-9-22(10-8-21)31-13-15-32-16-14-31/h2-12,17-18,28H,13-16H2,1H3,(H,26,27). The van der Waals surface area contributed by atoms with Crippen LogP contribution in [-0.4, -0.2) is 41.1 Å². The molecule has 0 radical (unpaired) electrons. The van der Waals surface area contributed by atoms with E-state index in [2.05, 4.69) is 49.9 Å². The summed E-state index contributed by atoms with van der Waals surface area (Å²) in [6, 6.07) is 24.6. The van der Waals surface area contributed by atoms with E-state index in [1.54, 1.807) is 6.20 Å². The van der Waals surface area contributed by atoms with E-state index in [9.17, 15) is 0 Å². The third-order valence-corrected chi connectivity index (χ3v) is 5.50. The molecule has 0 amide bonds. The summed E-state index contributed by atoms with van der Waals surface area (Å²) in [5.41, 5.74) is 5.13. The molecule has 0 unspecified atom stereocenters. The fourth-order valence-corrected chi connectivity index (χ4v) is 3.78. The van der Waals surface area contributed by atoms with Crippen molar-refractivity contribution in [1.29, 1.82) is 0 Å². The average Bonchev–Trinajstić information content (AvgIpc) is 3.21. The van der Waals surface area contributed by atoms with Crippen molar-refractivity contribution in [2.75, 3.05) is 41.8 Å². The molecule has 1 aliphatic heterocycles. The number of anilines is 5. The van der Waals surface area contributed by atoms with E-state index in [0.29, 0.717) is 0 Å². The quantitative estimate of drug-likeness (QED) is 0.461. The van der Waals surface area contributed by atoms with Crippen molar-refractivity contribution in [1.82, 2.24) is 14.8 Å². The molecule has 3 heterocycles. The molecule has 7 nitrogen and oxygen atoms in total. The van der Waals surface area contributed by atoms with Crippen molar-refractivity contribution in [2.24, 2.45) is 7.05 Å². The number of benzene rings is 2. The third-order valence-electron chi connectivity index (χ3n) is 5.50. The molecule has 4 aromatic rings. The molecule has 2 N–H and O–H groups in total. The fraction of sp³-hybridized carbons (Fsp3) is 0.200. The van der Waals surface area contributed by atoms with Gasteiger partial charge in [-0.3, -0.25) is 4.68 Å². The van der Waals surface area contributed by atoms with Gasteiger partial charge in [-0.1, -0.05) is 18.2 Å². The van der Waals surface area contributed by atoms with E-state index in [4.69, 9.17) is 4.74 Å². The van der Waals surface area contributed by atoms with Crippen LogP contribution in [0.15, 0.2) is 79.0 Å². The molecule has 0 aliphatic carbocycles. The second-order valence-corrected chi connectivity index (χ2v) is 7.73. The predicted molar refractivity (Wildman–Crippen MR) is 129 cm³/mol. The zero-order valence-corrected chi connectivity index (χ0v) is 18.0. The SMILES string of the molecule is Cn1nc(-c2ccnc(Nc3ccc(N4CCOCC4)cc3)c2)cc1Nc1ccccc1. The van der Waals surface area contributed by atoms with E-state index in [1.807, 2.05) is 60.3 Å². The van der Waals surface area contributed by atoms with Gasteiger partial charge in [0.1, 0.15) is 11.6 Å². The second kappa shape index (κ2) is 9.11. The van der Waals surface area contributed by atoms with E-state index in [-0.39, 0.29) is 0 Å². The first kappa shape index (κ1) is 20.1. The number of ether oxygens (including phenoxy) is 1. The van der Waals surface area contributed by atoms with Crippen LogP contribution in [0.3, 0.4) is 0 Å². The van der Waals surface area contributed by atoms with Crippen LogP contribution in [0.5, 0.6) is 0 Å². The zero-order valence-electron chi connectivity index (χ0n) is 18.0. The van der Waals surface area contributed by atoms with Crippen LogP contribution in [0.1, 0.15) is 0 Å². The lowest BCUT2D eigenvalue weighted by Crippen LogP contribution is -2.36. The molecular formula is C25H26N6O. The number of nitrogens with one attached hydrogen (secondary N) is 2. The summed E-state index contributed by atoms with van der Waals surface area (Å²) in [5, 5.41) is 11.5. The maximum Gasteiger partial charge on any atom is 0.130 e. The minimum absolute atomic E-state index is 0.782. The minimum Gasteiger partial charge on any atom is -0.378 e. The van der Waals surface area contributed by atoms with Gasteiger partial charge >= 0.3 is 0 Å². The number of rotatable bonds is 6. The highest BCUT2D eigenvalue weighted by molar-refractivity contribution is 5.70. The first-order valence-corrected chi connectivity index (χ1v) is 10.8. The first-order chi connectivity index (χ1) is 15.7. The molecule has 5 rings (SSSR count). The molecule has 32 heavy (non-hydrogen) atoms. The molecule has 0 spiro atoms. The number of hydrogen-bond donors (Lipinski definition) is 2. The number of hydrogen-bond acceptors (Lipinski definition) is 6. The summed E-state index contributed by atoms with van der Waals surface area (Å²) in [6.07, 6.45) is 1.80. The van der Waals surface area contributed by atoms with Crippen molar-refractivity contribution in [3.8, 4) is 11.3 Å². The summed E-state index contributed by atoms with van der Waals surface area (Å²) in [7, 11) is 1.94. The third kappa shape index (κ3) is 4.58. The lowest BCUT2D eigenvalue weighted by atomic mass is 10.2.